The van der Waals surface area contributed by atoms with Gasteiger partial charge in [-0.05, 0) is 60.9 Å². The van der Waals surface area contributed by atoms with Gasteiger partial charge in [0.05, 0.1) is 17.3 Å². The van der Waals surface area contributed by atoms with E-state index in [1.54, 1.807) is 36.4 Å². The molecule has 0 saturated carbocycles. The van der Waals surface area contributed by atoms with E-state index in [4.69, 9.17) is 5.26 Å². The zero-order valence-electron chi connectivity index (χ0n) is 15.7. The third kappa shape index (κ3) is 4.27. The third-order valence-electron chi connectivity index (χ3n) is 5.05. The number of halogens is 1. The zero-order valence-corrected chi connectivity index (χ0v) is 15.7. The number of benzene rings is 2. The Bertz CT molecular complexity index is 1050. The summed E-state index contributed by atoms with van der Waals surface area (Å²) in [6, 6.07) is 16.9. The summed E-state index contributed by atoms with van der Waals surface area (Å²) in [7, 11) is 0. The van der Waals surface area contributed by atoms with Crippen molar-refractivity contribution in [3.63, 3.8) is 0 Å². The predicted molar refractivity (Wildman–Crippen MR) is 108 cm³/mol. The summed E-state index contributed by atoms with van der Waals surface area (Å²) in [4.78, 5) is 14.7. The molecule has 29 heavy (non-hydrogen) atoms. The maximum Gasteiger partial charge on any atom is 0.251 e. The molecule has 1 saturated heterocycles. The van der Waals surface area contributed by atoms with E-state index in [9.17, 15) is 9.18 Å². The Morgan fingerprint density at radius 1 is 1.24 bits per heavy atom. The van der Waals surface area contributed by atoms with E-state index in [-0.39, 0.29) is 17.8 Å². The maximum atomic E-state index is 13.1. The van der Waals surface area contributed by atoms with Gasteiger partial charge in [-0.1, -0.05) is 6.07 Å². The fraction of sp³-hybridized carbons (Fsp3) is 0.227. The topological polar surface area (TPSA) is 84.8 Å². The number of nitriles is 1. The van der Waals surface area contributed by atoms with Gasteiger partial charge in [0.2, 0.25) is 0 Å². The summed E-state index contributed by atoms with van der Waals surface area (Å²) in [5.74, 6) is 0.348. The van der Waals surface area contributed by atoms with Gasteiger partial charge >= 0.3 is 0 Å². The summed E-state index contributed by atoms with van der Waals surface area (Å²) in [6.07, 6.45) is 1.82. The SMILES string of the molecule is N#Cc1cccc(C(=O)N[C@H]2CCCN(c3cc(-c4ccc(F)cc4)[nH]n3)C2)c1. The quantitative estimate of drug-likeness (QED) is 0.715. The van der Waals surface area contributed by atoms with Gasteiger partial charge in [0.15, 0.2) is 5.82 Å². The van der Waals surface area contributed by atoms with Crippen LogP contribution in [-0.4, -0.2) is 35.2 Å². The summed E-state index contributed by atoms with van der Waals surface area (Å²) in [5.41, 5.74) is 2.64. The van der Waals surface area contributed by atoms with Gasteiger partial charge in [-0.25, -0.2) is 4.39 Å². The number of aromatic nitrogens is 2. The Morgan fingerprint density at radius 3 is 2.86 bits per heavy atom. The molecule has 4 rings (SSSR count). The number of H-pyrrole nitrogens is 1. The molecular weight excluding hydrogens is 369 g/mol. The molecule has 6 nitrogen and oxygen atoms in total. The Hall–Kier alpha value is -3.66. The lowest BCUT2D eigenvalue weighted by Crippen LogP contribution is -2.48. The fourth-order valence-electron chi connectivity index (χ4n) is 3.55. The molecule has 2 heterocycles. The maximum absolute atomic E-state index is 13.1. The Balaban J connectivity index is 1.42. The minimum atomic E-state index is -0.275. The highest BCUT2D eigenvalue weighted by Crippen LogP contribution is 2.24. The third-order valence-corrected chi connectivity index (χ3v) is 5.05. The van der Waals surface area contributed by atoms with Crippen LogP contribution in [-0.2, 0) is 0 Å². The largest absolute Gasteiger partial charge is 0.353 e. The van der Waals surface area contributed by atoms with Crippen LogP contribution in [0.5, 0.6) is 0 Å². The monoisotopic (exact) mass is 389 g/mol. The first kappa shape index (κ1) is 18.7. The first-order valence-electron chi connectivity index (χ1n) is 9.50. The predicted octanol–water partition coefficient (Wildman–Crippen LogP) is 3.49. The number of carbonyl (C=O) groups excluding carboxylic acids is 1. The molecule has 1 atom stereocenters. The molecule has 2 aromatic carbocycles. The van der Waals surface area contributed by atoms with E-state index in [0.29, 0.717) is 17.7 Å². The number of rotatable bonds is 4. The second-order valence-corrected chi connectivity index (χ2v) is 7.10. The van der Waals surface area contributed by atoms with Crippen molar-refractivity contribution in [2.45, 2.75) is 18.9 Å². The van der Waals surface area contributed by atoms with Crippen LogP contribution in [0.15, 0.2) is 54.6 Å². The first-order valence-corrected chi connectivity index (χ1v) is 9.50. The Kier molecular flexibility index (Phi) is 5.25. The molecule has 146 valence electrons. The normalized spacial score (nSPS) is 16.3. The number of hydrogen-bond donors (Lipinski definition) is 2. The number of hydrogen-bond acceptors (Lipinski definition) is 4. The summed E-state index contributed by atoms with van der Waals surface area (Å²) in [5, 5.41) is 19.5. The van der Waals surface area contributed by atoms with Crippen LogP contribution in [0.2, 0.25) is 0 Å². The highest BCUT2D eigenvalue weighted by molar-refractivity contribution is 5.94. The number of carbonyl (C=O) groups is 1. The molecule has 0 bridgehead atoms. The van der Waals surface area contributed by atoms with E-state index in [1.807, 2.05) is 6.07 Å². The van der Waals surface area contributed by atoms with E-state index in [1.165, 1.54) is 12.1 Å². The lowest BCUT2D eigenvalue weighted by Gasteiger charge is -2.33. The van der Waals surface area contributed by atoms with Crippen molar-refractivity contribution in [1.82, 2.24) is 15.5 Å². The summed E-state index contributed by atoms with van der Waals surface area (Å²) in [6.45, 7) is 1.50. The smallest absolute Gasteiger partial charge is 0.251 e. The van der Waals surface area contributed by atoms with Crippen molar-refractivity contribution in [3.8, 4) is 17.3 Å². The summed E-state index contributed by atoms with van der Waals surface area (Å²) < 4.78 is 13.1. The highest BCUT2D eigenvalue weighted by Gasteiger charge is 2.23. The van der Waals surface area contributed by atoms with Crippen LogP contribution in [0.25, 0.3) is 11.3 Å². The number of nitrogens with zero attached hydrogens (tertiary/aromatic N) is 3. The molecule has 1 aliphatic heterocycles. The molecule has 3 aromatic rings. The number of nitrogens with one attached hydrogen (secondary N) is 2. The van der Waals surface area contributed by atoms with Crippen LogP contribution >= 0.6 is 0 Å². The highest BCUT2D eigenvalue weighted by atomic mass is 19.1. The minimum Gasteiger partial charge on any atom is -0.353 e. The van der Waals surface area contributed by atoms with Gasteiger partial charge in [-0.15, -0.1) is 0 Å². The van der Waals surface area contributed by atoms with Gasteiger partial charge in [-0.3, -0.25) is 9.89 Å². The molecule has 7 heteroatoms. The lowest BCUT2D eigenvalue weighted by molar-refractivity contribution is 0.0933. The van der Waals surface area contributed by atoms with Crippen molar-refractivity contribution in [1.29, 1.82) is 5.26 Å². The molecule has 1 fully saturated rings. The molecule has 0 radical (unpaired) electrons. The van der Waals surface area contributed by atoms with Gasteiger partial charge < -0.3 is 10.2 Å². The molecular formula is C22H20FN5O. The minimum absolute atomic E-state index is 0.00652. The molecule has 1 aromatic heterocycles. The van der Waals surface area contributed by atoms with E-state index in [2.05, 4.69) is 26.5 Å². The van der Waals surface area contributed by atoms with E-state index in [0.717, 1.165) is 36.5 Å². The second kappa shape index (κ2) is 8.15. The van der Waals surface area contributed by atoms with Crippen LogP contribution in [0.4, 0.5) is 10.2 Å². The lowest BCUT2D eigenvalue weighted by atomic mass is 10.0. The number of piperidine rings is 1. The Morgan fingerprint density at radius 2 is 2.07 bits per heavy atom. The molecule has 0 unspecified atom stereocenters. The van der Waals surface area contributed by atoms with Gasteiger partial charge in [-0.2, -0.15) is 10.4 Å². The standard InChI is InChI=1S/C22H20FN5O/c23-18-8-6-16(7-9-18)20-12-21(27-26-20)28-10-2-5-19(14-28)25-22(29)17-4-1-3-15(11-17)13-24/h1,3-4,6-9,11-12,19H,2,5,10,14H2,(H,25,29)(H,26,27)/t19-/m0/s1. The molecule has 0 aliphatic carbocycles. The van der Waals surface area contributed by atoms with Crippen LogP contribution < -0.4 is 10.2 Å². The van der Waals surface area contributed by atoms with Crippen molar-refractivity contribution in [2.75, 3.05) is 18.0 Å². The van der Waals surface area contributed by atoms with Crippen LogP contribution in [0.3, 0.4) is 0 Å². The molecule has 1 amide bonds. The Labute approximate surface area is 168 Å². The molecule has 1 aliphatic rings. The average molecular weight is 389 g/mol. The van der Waals surface area contributed by atoms with Gasteiger partial charge in [0.1, 0.15) is 5.82 Å². The van der Waals surface area contributed by atoms with Crippen LogP contribution in [0.1, 0.15) is 28.8 Å². The fourth-order valence-corrected chi connectivity index (χ4v) is 3.55. The molecule has 0 spiro atoms. The van der Waals surface area contributed by atoms with Gasteiger partial charge in [0, 0.05) is 30.8 Å². The zero-order chi connectivity index (χ0) is 20.2. The van der Waals surface area contributed by atoms with E-state index >= 15 is 0 Å². The van der Waals surface area contributed by atoms with Crippen LogP contribution in [0, 0.1) is 17.1 Å². The number of amides is 1. The van der Waals surface area contributed by atoms with Crippen molar-refractivity contribution in [2.24, 2.45) is 0 Å². The van der Waals surface area contributed by atoms with E-state index < -0.39 is 0 Å². The summed E-state index contributed by atoms with van der Waals surface area (Å²) >= 11 is 0. The van der Waals surface area contributed by atoms with Crippen molar-refractivity contribution in [3.05, 3.63) is 71.5 Å². The first-order chi connectivity index (χ1) is 14.1. The second-order valence-electron chi connectivity index (χ2n) is 7.10. The number of aromatic amines is 1. The number of anilines is 1. The van der Waals surface area contributed by atoms with Gasteiger partial charge in [0.25, 0.3) is 5.91 Å². The molecule has 2 N–H and O–H groups in total. The average Bonchev–Trinajstić information content (AvgIpc) is 3.25. The van der Waals surface area contributed by atoms with Crippen molar-refractivity contribution >= 4 is 11.7 Å². The van der Waals surface area contributed by atoms with Crippen molar-refractivity contribution < 1.29 is 9.18 Å².